The molecule has 1 aliphatic rings. The minimum atomic E-state index is 0.621. The van der Waals surface area contributed by atoms with Gasteiger partial charge in [0.2, 0.25) is 0 Å². The Hall–Kier alpha value is -1.06. The number of nitrogens with one attached hydrogen (secondary N) is 1. The van der Waals surface area contributed by atoms with Crippen LogP contribution in [0.15, 0.2) is 24.3 Å². The number of ether oxygens (including phenoxy) is 2. The van der Waals surface area contributed by atoms with Crippen molar-refractivity contribution in [1.82, 2.24) is 5.32 Å². The Balaban J connectivity index is 1.87. The van der Waals surface area contributed by atoms with E-state index >= 15 is 0 Å². The molecule has 0 spiro atoms. The number of benzene rings is 1. The zero-order chi connectivity index (χ0) is 14.9. The first-order valence-corrected chi connectivity index (χ1v) is 8.27. The van der Waals surface area contributed by atoms with Crippen molar-refractivity contribution < 1.29 is 9.47 Å². The lowest BCUT2D eigenvalue weighted by Crippen LogP contribution is -2.39. The van der Waals surface area contributed by atoms with E-state index in [1.807, 2.05) is 0 Å². The highest BCUT2D eigenvalue weighted by Crippen LogP contribution is 2.22. The van der Waals surface area contributed by atoms with E-state index in [-0.39, 0.29) is 0 Å². The van der Waals surface area contributed by atoms with Crippen molar-refractivity contribution in [1.29, 1.82) is 0 Å². The topological polar surface area (TPSA) is 30.5 Å². The van der Waals surface area contributed by atoms with Crippen molar-refractivity contribution in [3.8, 4) is 5.75 Å². The van der Waals surface area contributed by atoms with Crippen LogP contribution in [-0.4, -0.2) is 32.9 Å². The third kappa shape index (κ3) is 5.33. The molecular formula is C18H29NO2. The van der Waals surface area contributed by atoms with Gasteiger partial charge in [-0.1, -0.05) is 19.1 Å². The van der Waals surface area contributed by atoms with Gasteiger partial charge in [0, 0.05) is 19.3 Å². The number of methoxy groups -OCH3 is 1. The lowest BCUT2D eigenvalue weighted by Gasteiger charge is -2.31. The molecular weight excluding hydrogens is 262 g/mol. The summed E-state index contributed by atoms with van der Waals surface area (Å²) in [6.07, 6.45) is 5.93. The summed E-state index contributed by atoms with van der Waals surface area (Å²) in [5.74, 6) is 1.70. The lowest BCUT2D eigenvalue weighted by molar-refractivity contribution is 0.0526. The SMILES string of the molecule is CCCNC(CCc1ccc(OC)cc1)C1CCOCC1. The Kier molecular flexibility index (Phi) is 7.04. The average Bonchev–Trinajstić information content (AvgIpc) is 2.56. The molecule has 0 radical (unpaired) electrons. The average molecular weight is 291 g/mol. The van der Waals surface area contributed by atoms with Gasteiger partial charge in [0.05, 0.1) is 7.11 Å². The number of rotatable bonds is 8. The quantitative estimate of drug-likeness (QED) is 0.796. The molecule has 3 heteroatoms. The third-order valence-corrected chi connectivity index (χ3v) is 4.39. The zero-order valence-electron chi connectivity index (χ0n) is 13.4. The summed E-state index contributed by atoms with van der Waals surface area (Å²) in [7, 11) is 1.71. The maximum atomic E-state index is 5.50. The fraction of sp³-hybridized carbons (Fsp3) is 0.667. The summed E-state index contributed by atoms with van der Waals surface area (Å²) >= 11 is 0. The van der Waals surface area contributed by atoms with Gasteiger partial charge in [0.15, 0.2) is 0 Å². The minimum Gasteiger partial charge on any atom is -0.497 e. The monoisotopic (exact) mass is 291 g/mol. The Morgan fingerprint density at radius 1 is 1.24 bits per heavy atom. The molecule has 1 N–H and O–H groups in total. The predicted octanol–water partition coefficient (Wildman–Crippen LogP) is 3.42. The molecule has 1 atom stereocenters. The molecule has 1 unspecified atom stereocenters. The van der Waals surface area contributed by atoms with Crippen molar-refractivity contribution in [2.75, 3.05) is 26.9 Å². The van der Waals surface area contributed by atoms with Crippen LogP contribution in [0.4, 0.5) is 0 Å². The number of aryl methyl sites for hydroxylation is 1. The van der Waals surface area contributed by atoms with E-state index in [9.17, 15) is 0 Å². The largest absolute Gasteiger partial charge is 0.497 e. The van der Waals surface area contributed by atoms with Crippen LogP contribution in [0.1, 0.15) is 38.2 Å². The van der Waals surface area contributed by atoms with Gasteiger partial charge >= 0.3 is 0 Å². The summed E-state index contributed by atoms with van der Waals surface area (Å²) in [5.41, 5.74) is 1.39. The van der Waals surface area contributed by atoms with Gasteiger partial charge in [-0.2, -0.15) is 0 Å². The molecule has 2 rings (SSSR count). The highest BCUT2D eigenvalue weighted by Gasteiger charge is 2.23. The summed E-state index contributed by atoms with van der Waals surface area (Å²) in [5, 5.41) is 3.75. The maximum Gasteiger partial charge on any atom is 0.118 e. The summed E-state index contributed by atoms with van der Waals surface area (Å²) in [6.45, 7) is 5.21. The fourth-order valence-corrected chi connectivity index (χ4v) is 3.07. The fourth-order valence-electron chi connectivity index (χ4n) is 3.07. The van der Waals surface area contributed by atoms with E-state index in [1.54, 1.807) is 7.11 Å². The van der Waals surface area contributed by atoms with Crippen LogP contribution in [0.25, 0.3) is 0 Å². The van der Waals surface area contributed by atoms with Crippen molar-refractivity contribution >= 4 is 0 Å². The van der Waals surface area contributed by atoms with Gasteiger partial charge in [-0.05, 0) is 62.3 Å². The van der Waals surface area contributed by atoms with Crippen LogP contribution in [-0.2, 0) is 11.2 Å². The first-order chi connectivity index (χ1) is 10.3. The van der Waals surface area contributed by atoms with Gasteiger partial charge in [-0.25, -0.2) is 0 Å². The van der Waals surface area contributed by atoms with Crippen LogP contribution in [0.3, 0.4) is 0 Å². The minimum absolute atomic E-state index is 0.621. The number of hydrogen-bond acceptors (Lipinski definition) is 3. The van der Waals surface area contributed by atoms with Crippen LogP contribution in [0.5, 0.6) is 5.75 Å². The van der Waals surface area contributed by atoms with Crippen LogP contribution < -0.4 is 10.1 Å². The van der Waals surface area contributed by atoms with E-state index in [0.717, 1.165) is 37.8 Å². The molecule has 0 aromatic heterocycles. The van der Waals surface area contributed by atoms with E-state index in [0.29, 0.717) is 6.04 Å². The second-order valence-corrected chi connectivity index (χ2v) is 5.90. The van der Waals surface area contributed by atoms with E-state index in [2.05, 4.69) is 36.5 Å². The summed E-state index contributed by atoms with van der Waals surface area (Å²) < 4.78 is 10.7. The molecule has 3 nitrogen and oxygen atoms in total. The van der Waals surface area contributed by atoms with E-state index < -0.39 is 0 Å². The normalized spacial score (nSPS) is 17.6. The molecule has 21 heavy (non-hydrogen) atoms. The van der Waals surface area contributed by atoms with Gasteiger partial charge < -0.3 is 14.8 Å². The molecule has 0 saturated carbocycles. The van der Waals surface area contributed by atoms with Crippen molar-refractivity contribution in [3.63, 3.8) is 0 Å². The Labute approximate surface area is 129 Å². The molecule has 0 bridgehead atoms. The molecule has 1 aliphatic heterocycles. The van der Waals surface area contributed by atoms with Crippen LogP contribution in [0, 0.1) is 5.92 Å². The predicted molar refractivity (Wildman–Crippen MR) is 86.9 cm³/mol. The van der Waals surface area contributed by atoms with E-state index in [1.165, 1.54) is 31.2 Å². The molecule has 1 fully saturated rings. The zero-order valence-corrected chi connectivity index (χ0v) is 13.4. The van der Waals surface area contributed by atoms with Crippen molar-refractivity contribution in [3.05, 3.63) is 29.8 Å². The summed E-state index contributed by atoms with van der Waals surface area (Å²) in [6, 6.07) is 9.09. The molecule has 118 valence electrons. The van der Waals surface area contributed by atoms with Crippen molar-refractivity contribution in [2.24, 2.45) is 5.92 Å². The molecule has 0 aliphatic carbocycles. The molecule has 1 saturated heterocycles. The van der Waals surface area contributed by atoms with Crippen LogP contribution in [0.2, 0.25) is 0 Å². The van der Waals surface area contributed by atoms with Crippen LogP contribution >= 0.6 is 0 Å². The molecule has 1 heterocycles. The first kappa shape index (κ1) is 16.3. The molecule has 1 aromatic rings. The maximum absolute atomic E-state index is 5.50. The van der Waals surface area contributed by atoms with Gasteiger partial charge in [0.1, 0.15) is 5.75 Å². The second-order valence-electron chi connectivity index (χ2n) is 5.90. The third-order valence-electron chi connectivity index (χ3n) is 4.39. The smallest absolute Gasteiger partial charge is 0.118 e. The Bertz CT molecular complexity index is 385. The second kappa shape index (κ2) is 9.06. The molecule has 1 aromatic carbocycles. The van der Waals surface area contributed by atoms with Gasteiger partial charge in [-0.15, -0.1) is 0 Å². The highest BCUT2D eigenvalue weighted by atomic mass is 16.5. The van der Waals surface area contributed by atoms with E-state index in [4.69, 9.17) is 9.47 Å². The number of hydrogen-bond donors (Lipinski definition) is 1. The Morgan fingerprint density at radius 2 is 1.95 bits per heavy atom. The van der Waals surface area contributed by atoms with Gasteiger partial charge in [0.25, 0.3) is 0 Å². The standard InChI is InChI=1S/C18H29NO2/c1-3-12-19-18(16-10-13-21-14-11-16)9-6-15-4-7-17(20-2)8-5-15/h4-5,7-8,16,18-19H,3,6,9-14H2,1-2H3. The summed E-state index contributed by atoms with van der Waals surface area (Å²) in [4.78, 5) is 0. The highest BCUT2D eigenvalue weighted by molar-refractivity contribution is 5.27. The Morgan fingerprint density at radius 3 is 2.57 bits per heavy atom. The van der Waals surface area contributed by atoms with Crippen molar-refractivity contribution in [2.45, 2.75) is 45.1 Å². The van der Waals surface area contributed by atoms with Gasteiger partial charge in [-0.3, -0.25) is 0 Å². The molecule has 0 amide bonds. The first-order valence-electron chi connectivity index (χ1n) is 8.27. The lowest BCUT2D eigenvalue weighted by atomic mass is 9.88.